The fraction of sp³-hybridized carbons (Fsp3) is 0.500. The van der Waals surface area contributed by atoms with E-state index in [9.17, 15) is 4.79 Å². The van der Waals surface area contributed by atoms with Crippen LogP contribution in [-0.2, 0) is 11.3 Å². The number of carbonyl (C=O) groups is 1. The van der Waals surface area contributed by atoms with Gasteiger partial charge in [-0.15, -0.1) is 0 Å². The topological polar surface area (TPSA) is 50.4 Å². The molecule has 4 nitrogen and oxygen atoms in total. The molecule has 2 N–H and O–H groups in total. The summed E-state index contributed by atoms with van der Waals surface area (Å²) >= 11 is 3.49. The zero-order chi connectivity index (χ0) is 14.4. The molecule has 1 aromatic rings. The molecule has 0 radical (unpaired) electrons. The molecule has 1 unspecified atom stereocenters. The Morgan fingerprint density at radius 2 is 2.16 bits per heavy atom. The number of benzene rings is 1. The molecular weight excluding hydrogens is 308 g/mol. The first kappa shape index (κ1) is 16.0. The quantitative estimate of drug-likeness (QED) is 0.843. The van der Waals surface area contributed by atoms with Gasteiger partial charge in [0.05, 0.1) is 0 Å². The molecule has 0 spiro atoms. The van der Waals surface area contributed by atoms with Crippen LogP contribution in [0.1, 0.15) is 25.0 Å². The Balaban J connectivity index is 2.99. The van der Waals surface area contributed by atoms with E-state index in [1.165, 1.54) is 0 Å². The molecular formula is C14H21BrN2O2. The summed E-state index contributed by atoms with van der Waals surface area (Å²) in [6.07, 6.45) is -0.509. The summed E-state index contributed by atoms with van der Waals surface area (Å²) in [7, 11) is 1.61. The van der Waals surface area contributed by atoms with Crippen molar-refractivity contribution in [1.29, 1.82) is 0 Å². The summed E-state index contributed by atoms with van der Waals surface area (Å²) in [5, 5.41) is 5.86. The van der Waals surface area contributed by atoms with Crippen LogP contribution in [0, 0.1) is 6.92 Å². The van der Waals surface area contributed by atoms with E-state index < -0.39 is 6.10 Å². The molecule has 0 heterocycles. The van der Waals surface area contributed by atoms with E-state index >= 15 is 0 Å². The van der Waals surface area contributed by atoms with Gasteiger partial charge >= 0.3 is 0 Å². The van der Waals surface area contributed by atoms with E-state index in [0.717, 1.165) is 27.9 Å². The van der Waals surface area contributed by atoms with Crippen LogP contribution >= 0.6 is 15.9 Å². The van der Waals surface area contributed by atoms with E-state index in [2.05, 4.69) is 33.5 Å². The molecule has 106 valence electrons. The largest absolute Gasteiger partial charge is 0.480 e. The van der Waals surface area contributed by atoms with Crippen molar-refractivity contribution in [3.05, 3.63) is 27.7 Å². The fourth-order valence-electron chi connectivity index (χ4n) is 1.79. The van der Waals surface area contributed by atoms with Gasteiger partial charge in [-0.2, -0.15) is 0 Å². The first-order valence-electron chi connectivity index (χ1n) is 6.37. The third-order valence-corrected chi connectivity index (χ3v) is 3.25. The van der Waals surface area contributed by atoms with Crippen LogP contribution in [0.15, 0.2) is 16.6 Å². The number of halogens is 1. The Kier molecular flexibility index (Phi) is 6.31. The second-order valence-electron chi connectivity index (χ2n) is 4.37. The number of rotatable bonds is 6. The van der Waals surface area contributed by atoms with Crippen molar-refractivity contribution < 1.29 is 9.53 Å². The Labute approximate surface area is 123 Å². The molecule has 0 aliphatic rings. The predicted octanol–water partition coefficient (Wildman–Crippen LogP) is 2.38. The summed E-state index contributed by atoms with van der Waals surface area (Å²) < 4.78 is 6.82. The fourth-order valence-corrected chi connectivity index (χ4v) is 2.41. The van der Waals surface area contributed by atoms with Gasteiger partial charge in [0, 0.05) is 23.6 Å². The van der Waals surface area contributed by atoms with Crippen LogP contribution in [0.2, 0.25) is 0 Å². The van der Waals surface area contributed by atoms with Crippen molar-refractivity contribution in [3.8, 4) is 5.75 Å². The van der Waals surface area contributed by atoms with Crippen molar-refractivity contribution in [3.63, 3.8) is 0 Å². The number of hydrogen-bond donors (Lipinski definition) is 2. The molecule has 0 aliphatic heterocycles. The smallest absolute Gasteiger partial charge is 0.260 e. The maximum Gasteiger partial charge on any atom is 0.260 e. The molecule has 0 bridgehead atoms. The molecule has 0 aliphatic carbocycles. The summed E-state index contributed by atoms with van der Waals surface area (Å²) in [6, 6.07) is 4.00. The van der Waals surface area contributed by atoms with Crippen LogP contribution in [-0.4, -0.2) is 25.6 Å². The van der Waals surface area contributed by atoms with E-state index in [-0.39, 0.29) is 5.91 Å². The molecule has 19 heavy (non-hydrogen) atoms. The van der Waals surface area contributed by atoms with E-state index in [0.29, 0.717) is 6.54 Å². The predicted molar refractivity (Wildman–Crippen MR) is 80.4 cm³/mol. The molecule has 1 rings (SSSR count). The number of nitrogens with one attached hydrogen (secondary N) is 2. The molecule has 1 amide bonds. The van der Waals surface area contributed by atoms with Gasteiger partial charge in [0.15, 0.2) is 6.10 Å². The van der Waals surface area contributed by atoms with Gasteiger partial charge in [-0.25, -0.2) is 0 Å². The minimum Gasteiger partial charge on any atom is -0.480 e. The third-order valence-electron chi connectivity index (χ3n) is 2.79. The van der Waals surface area contributed by atoms with Gasteiger partial charge in [0.2, 0.25) is 0 Å². The van der Waals surface area contributed by atoms with Crippen LogP contribution in [0.25, 0.3) is 0 Å². The van der Waals surface area contributed by atoms with Crippen molar-refractivity contribution in [2.75, 3.05) is 13.6 Å². The van der Waals surface area contributed by atoms with Crippen LogP contribution < -0.4 is 15.4 Å². The molecule has 0 saturated heterocycles. The monoisotopic (exact) mass is 328 g/mol. The lowest BCUT2D eigenvalue weighted by molar-refractivity contribution is -0.126. The number of ether oxygens (including phenoxy) is 1. The average molecular weight is 329 g/mol. The van der Waals surface area contributed by atoms with E-state index in [4.69, 9.17) is 4.74 Å². The lowest BCUT2D eigenvalue weighted by atomic mass is 10.1. The van der Waals surface area contributed by atoms with Crippen molar-refractivity contribution >= 4 is 21.8 Å². The highest BCUT2D eigenvalue weighted by Crippen LogP contribution is 2.29. The highest BCUT2D eigenvalue weighted by Gasteiger charge is 2.17. The first-order valence-corrected chi connectivity index (χ1v) is 7.16. The number of likely N-dealkylation sites (N-methyl/N-ethyl adjacent to an activating group) is 1. The Hall–Kier alpha value is -1.07. The molecule has 1 aromatic carbocycles. The van der Waals surface area contributed by atoms with Gasteiger partial charge in [-0.05, 0) is 38.1 Å². The van der Waals surface area contributed by atoms with E-state index in [1.807, 2.05) is 19.1 Å². The van der Waals surface area contributed by atoms with Gasteiger partial charge in [-0.3, -0.25) is 4.79 Å². The molecule has 5 heteroatoms. The third kappa shape index (κ3) is 4.51. The van der Waals surface area contributed by atoms with Gasteiger partial charge in [0.1, 0.15) is 5.75 Å². The second-order valence-corrected chi connectivity index (χ2v) is 5.28. The molecule has 0 aromatic heterocycles. The van der Waals surface area contributed by atoms with E-state index in [1.54, 1.807) is 14.0 Å². The zero-order valence-corrected chi connectivity index (χ0v) is 13.4. The lowest BCUT2D eigenvalue weighted by Gasteiger charge is -2.19. The normalized spacial score (nSPS) is 12.1. The summed E-state index contributed by atoms with van der Waals surface area (Å²) in [6.45, 7) is 7.38. The Morgan fingerprint density at radius 1 is 1.47 bits per heavy atom. The maximum atomic E-state index is 11.6. The average Bonchev–Trinajstić information content (AvgIpc) is 2.38. The summed E-state index contributed by atoms with van der Waals surface area (Å²) in [5.74, 6) is 0.650. The SMILES string of the molecule is CCNCc1cc(Br)cc(C)c1OC(C)C(=O)NC. The van der Waals surface area contributed by atoms with Crippen molar-refractivity contribution in [1.82, 2.24) is 10.6 Å². The van der Waals surface area contributed by atoms with Crippen LogP contribution in [0.4, 0.5) is 0 Å². The molecule has 0 saturated carbocycles. The molecule has 0 fully saturated rings. The highest BCUT2D eigenvalue weighted by atomic mass is 79.9. The number of amides is 1. The summed E-state index contributed by atoms with van der Waals surface area (Å²) in [4.78, 5) is 11.6. The van der Waals surface area contributed by atoms with Crippen LogP contribution in [0.5, 0.6) is 5.75 Å². The van der Waals surface area contributed by atoms with Gasteiger partial charge in [-0.1, -0.05) is 22.9 Å². The highest BCUT2D eigenvalue weighted by molar-refractivity contribution is 9.10. The first-order chi connectivity index (χ1) is 8.99. The Morgan fingerprint density at radius 3 is 2.74 bits per heavy atom. The van der Waals surface area contributed by atoms with Crippen molar-refractivity contribution in [2.24, 2.45) is 0 Å². The number of carbonyl (C=O) groups excluding carboxylic acids is 1. The van der Waals surface area contributed by atoms with Crippen LogP contribution in [0.3, 0.4) is 0 Å². The minimum atomic E-state index is -0.509. The zero-order valence-electron chi connectivity index (χ0n) is 11.8. The Bertz CT molecular complexity index is 449. The van der Waals surface area contributed by atoms with Gasteiger partial charge < -0.3 is 15.4 Å². The molecule has 1 atom stereocenters. The van der Waals surface area contributed by atoms with Gasteiger partial charge in [0.25, 0.3) is 5.91 Å². The maximum absolute atomic E-state index is 11.6. The number of aryl methyl sites for hydroxylation is 1. The standard InChI is InChI=1S/C14H21BrN2O2/c1-5-17-8-11-7-12(15)6-9(2)13(11)19-10(3)14(18)16-4/h6-7,10,17H,5,8H2,1-4H3,(H,16,18). The van der Waals surface area contributed by atoms with Crippen molar-refractivity contribution in [2.45, 2.75) is 33.4 Å². The summed E-state index contributed by atoms with van der Waals surface area (Å²) in [5.41, 5.74) is 2.06. The lowest BCUT2D eigenvalue weighted by Crippen LogP contribution is -2.34. The second kappa shape index (κ2) is 7.50. The minimum absolute atomic E-state index is 0.128. The number of hydrogen-bond acceptors (Lipinski definition) is 3.